The average molecular weight is 403 g/mol. The number of hydrogen-bond donors (Lipinski definition) is 1. The summed E-state index contributed by atoms with van der Waals surface area (Å²) in [6, 6.07) is 13.5. The Kier molecular flexibility index (Phi) is 4.88. The Labute approximate surface area is 163 Å². The second-order valence-electron chi connectivity index (χ2n) is 6.49. The highest BCUT2D eigenvalue weighted by molar-refractivity contribution is 7.92. The Bertz CT molecular complexity index is 1060. The number of aromatic nitrogens is 2. The molecule has 3 aromatic rings. The highest BCUT2D eigenvalue weighted by Gasteiger charge is 2.23. The number of rotatable bonds is 4. The molecule has 0 aliphatic carbocycles. The van der Waals surface area contributed by atoms with E-state index in [0.29, 0.717) is 16.4 Å². The van der Waals surface area contributed by atoms with Gasteiger partial charge in [-0.3, -0.25) is 4.72 Å². The SMILES string of the molecule is O=S(=O)(Nc1nc2ccccc2nc1N1CCCCC1)c1ccc(Cl)cc1. The summed E-state index contributed by atoms with van der Waals surface area (Å²) in [5, 5.41) is 0.480. The predicted molar refractivity (Wildman–Crippen MR) is 108 cm³/mol. The Morgan fingerprint density at radius 1 is 0.889 bits per heavy atom. The number of nitrogens with zero attached hydrogens (tertiary/aromatic N) is 3. The van der Waals surface area contributed by atoms with Gasteiger partial charge in [0.1, 0.15) is 0 Å². The minimum atomic E-state index is -3.80. The van der Waals surface area contributed by atoms with Crippen molar-refractivity contribution in [2.75, 3.05) is 22.7 Å². The van der Waals surface area contributed by atoms with Gasteiger partial charge in [0, 0.05) is 18.1 Å². The molecule has 0 spiro atoms. The minimum absolute atomic E-state index is 0.131. The van der Waals surface area contributed by atoms with Crippen LogP contribution in [0.3, 0.4) is 0 Å². The molecule has 0 amide bonds. The fourth-order valence-electron chi connectivity index (χ4n) is 3.19. The Morgan fingerprint density at radius 3 is 2.19 bits per heavy atom. The third-order valence-corrected chi connectivity index (χ3v) is 6.17. The number of piperidine rings is 1. The van der Waals surface area contributed by atoms with Gasteiger partial charge < -0.3 is 4.90 Å². The fraction of sp³-hybridized carbons (Fsp3) is 0.263. The van der Waals surface area contributed by atoms with Gasteiger partial charge in [0.25, 0.3) is 10.0 Å². The van der Waals surface area contributed by atoms with Gasteiger partial charge in [0.05, 0.1) is 15.9 Å². The molecule has 8 heteroatoms. The van der Waals surface area contributed by atoms with E-state index in [9.17, 15) is 8.42 Å². The first-order valence-electron chi connectivity index (χ1n) is 8.83. The quantitative estimate of drug-likeness (QED) is 0.711. The summed E-state index contributed by atoms with van der Waals surface area (Å²) in [5.41, 5.74) is 1.39. The first kappa shape index (κ1) is 18.0. The van der Waals surface area contributed by atoms with Crippen LogP contribution in [-0.2, 0) is 10.0 Å². The monoisotopic (exact) mass is 402 g/mol. The zero-order valence-corrected chi connectivity index (χ0v) is 16.2. The molecule has 2 aromatic carbocycles. The van der Waals surface area contributed by atoms with Crippen molar-refractivity contribution in [3.8, 4) is 0 Å². The van der Waals surface area contributed by atoms with Crippen molar-refractivity contribution in [2.45, 2.75) is 24.2 Å². The van der Waals surface area contributed by atoms with Gasteiger partial charge in [-0.25, -0.2) is 18.4 Å². The Hall–Kier alpha value is -2.38. The molecule has 1 aliphatic heterocycles. The summed E-state index contributed by atoms with van der Waals surface area (Å²) in [5.74, 6) is 0.830. The molecule has 0 atom stereocenters. The van der Waals surface area contributed by atoms with E-state index in [-0.39, 0.29) is 10.7 Å². The lowest BCUT2D eigenvalue weighted by Gasteiger charge is -2.29. The summed E-state index contributed by atoms with van der Waals surface area (Å²) in [4.78, 5) is 11.5. The van der Waals surface area contributed by atoms with Crippen LogP contribution in [0, 0.1) is 0 Å². The molecular formula is C19H19ClN4O2S. The van der Waals surface area contributed by atoms with Crippen LogP contribution >= 0.6 is 11.6 Å². The summed E-state index contributed by atoms with van der Waals surface area (Å²) in [6.07, 6.45) is 3.28. The van der Waals surface area contributed by atoms with Crippen molar-refractivity contribution >= 4 is 44.3 Å². The largest absolute Gasteiger partial charge is 0.354 e. The van der Waals surface area contributed by atoms with Crippen LogP contribution in [0.4, 0.5) is 11.6 Å². The summed E-state index contributed by atoms with van der Waals surface area (Å²) < 4.78 is 28.3. The smallest absolute Gasteiger partial charge is 0.263 e. The standard InChI is InChI=1S/C19H19ClN4O2S/c20-14-8-10-15(11-9-14)27(25,26)23-18-19(24-12-4-1-5-13-24)22-17-7-3-2-6-16(17)21-18/h2-3,6-11H,1,4-5,12-13H2,(H,21,23). The topological polar surface area (TPSA) is 75.2 Å². The molecule has 140 valence electrons. The first-order chi connectivity index (χ1) is 13.0. The third kappa shape index (κ3) is 3.84. The van der Waals surface area contributed by atoms with Crippen LogP contribution in [0.5, 0.6) is 0 Å². The number of nitrogens with one attached hydrogen (secondary N) is 1. The molecule has 0 radical (unpaired) electrons. The number of hydrogen-bond acceptors (Lipinski definition) is 5. The van der Waals surface area contributed by atoms with Gasteiger partial charge >= 0.3 is 0 Å². The molecule has 1 saturated heterocycles. The molecule has 0 unspecified atom stereocenters. The number of halogens is 1. The molecular weight excluding hydrogens is 384 g/mol. The first-order valence-corrected chi connectivity index (χ1v) is 10.7. The van der Waals surface area contributed by atoms with Crippen molar-refractivity contribution in [1.29, 1.82) is 0 Å². The van der Waals surface area contributed by atoms with Crippen molar-refractivity contribution in [3.05, 3.63) is 53.6 Å². The summed E-state index contributed by atoms with van der Waals surface area (Å²) in [7, 11) is -3.80. The summed E-state index contributed by atoms with van der Waals surface area (Å²) >= 11 is 5.87. The molecule has 1 fully saturated rings. The lowest BCUT2D eigenvalue weighted by molar-refractivity contribution is 0.574. The van der Waals surface area contributed by atoms with Gasteiger partial charge in [-0.15, -0.1) is 0 Å². The predicted octanol–water partition coefficient (Wildman–Crippen LogP) is 4.07. The lowest BCUT2D eigenvalue weighted by Crippen LogP contribution is -2.31. The van der Waals surface area contributed by atoms with Gasteiger partial charge in [-0.2, -0.15) is 0 Å². The van der Waals surface area contributed by atoms with Crippen LogP contribution in [0.1, 0.15) is 19.3 Å². The maximum atomic E-state index is 12.8. The van der Waals surface area contributed by atoms with Crippen LogP contribution in [-0.4, -0.2) is 31.5 Å². The molecule has 4 rings (SSSR count). The van der Waals surface area contributed by atoms with Crippen molar-refractivity contribution in [3.63, 3.8) is 0 Å². The number of para-hydroxylation sites is 2. The molecule has 0 bridgehead atoms. The molecule has 1 aromatic heterocycles. The molecule has 1 N–H and O–H groups in total. The van der Waals surface area contributed by atoms with Gasteiger partial charge in [0.15, 0.2) is 11.6 Å². The van der Waals surface area contributed by atoms with E-state index in [1.807, 2.05) is 24.3 Å². The highest BCUT2D eigenvalue weighted by atomic mass is 35.5. The molecule has 6 nitrogen and oxygen atoms in total. The number of anilines is 2. The molecule has 1 aliphatic rings. The number of fused-ring (bicyclic) bond motifs is 1. The van der Waals surface area contributed by atoms with E-state index in [2.05, 4.69) is 14.6 Å². The average Bonchev–Trinajstić information content (AvgIpc) is 2.68. The van der Waals surface area contributed by atoms with Crippen LogP contribution in [0.2, 0.25) is 5.02 Å². The summed E-state index contributed by atoms with van der Waals surface area (Å²) in [6.45, 7) is 1.67. The van der Waals surface area contributed by atoms with Crippen LogP contribution in [0.15, 0.2) is 53.4 Å². The second kappa shape index (κ2) is 7.32. The minimum Gasteiger partial charge on any atom is -0.354 e. The van der Waals surface area contributed by atoms with Crippen molar-refractivity contribution < 1.29 is 8.42 Å². The van der Waals surface area contributed by atoms with E-state index >= 15 is 0 Å². The normalized spacial score (nSPS) is 15.1. The lowest BCUT2D eigenvalue weighted by atomic mass is 10.1. The van der Waals surface area contributed by atoms with Crippen LogP contribution in [0.25, 0.3) is 11.0 Å². The molecule has 2 heterocycles. The van der Waals surface area contributed by atoms with E-state index < -0.39 is 10.0 Å². The van der Waals surface area contributed by atoms with Gasteiger partial charge in [-0.05, 0) is 55.7 Å². The molecule has 0 saturated carbocycles. The maximum Gasteiger partial charge on any atom is 0.263 e. The Balaban J connectivity index is 1.77. The fourth-order valence-corrected chi connectivity index (χ4v) is 4.32. The van der Waals surface area contributed by atoms with Crippen molar-refractivity contribution in [1.82, 2.24) is 9.97 Å². The van der Waals surface area contributed by atoms with Crippen LogP contribution < -0.4 is 9.62 Å². The zero-order chi connectivity index (χ0) is 18.9. The van der Waals surface area contributed by atoms with Gasteiger partial charge in [-0.1, -0.05) is 23.7 Å². The number of sulfonamides is 1. The third-order valence-electron chi connectivity index (χ3n) is 4.56. The Morgan fingerprint density at radius 2 is 1.52 bits per heavy atom. The highest BCUT2D eigenvalue weighted by Crippen LogP contribution is 2.29. The second-order valence-corrected chi connectivity index (χ2v) is 8.61. The number of benzene rings is 2. The van der Waals surface area contributed by atoms with Crippen molar-refractivity contribution in [2.24, 2.45) is 0 Å². The van der Waals surface area contributed by atoms with Gasteiger partial charge in [0.2, 0.25) is 0 Å². The molecule has 27 heavy (non-hydrogen) atoms. The van der Waals surface area contributed by atoms with E-state index in [4.69, 9.17) is 16.6 Å². The van der Waals surface area contributed by atoms with E-state index in [1.165, 1.54) is 18.6 Å². The van der Waals surface area contributed by atoms with E-state index in [1.54, 1.807) is 12.1 Å². The van der Waals surface area contributed by atoms with E-state index in [0.717, 1.165) is 31.4 Å². The maximum absolute atomic E-state index is 12.8. The zero-order valence-electron chi connectivity index (χ0n) is 14.6.